The molecule has 2 aromatic rings. The maximum absolute atomic E-state index is 5.72. The van der Waals surface area contributed by atoms with Crippen LogP contribution in [0, 0.1) is 0 Å². The molecule has 0 aliphatic carbocycles. The molecule has 0 spiro atoms. The molecule has 0 atom stereocenters. The summed E-state index contributed by atoms with van der Waals surface area (Å²) >= 11 is 1.70. The molecule has 0 fully saturated rings. The first-order valence-electron chi connectivity index (χ1n) is 6.86. The predicted molar refractivity (Wildman–Crippen MR) is 80.8 cm³/mol. The highest BCUT2D eigenvalue weighted by Gasteiger charge is 2.12. The van der Waals surface area contributed by atoms with Gasteiger partial charge in [-0.25, -0.2) is 4.98 Å². The van der Waals surface area contributed by atoms with Crippen LogP contribution >= 0.6 is 11.3 Å². The van der Waals surface area contributed by atoms with Gasteiger partial charge in [0.15, 0.2) is 11.5 Å². The number of benzene rings is 1. The van der Waals surface area contributed by atoms with Crippen LogP contribution in [-0.4, -0.2) is 31.8 Å². The molecule has 0 saturated heterocycles. The van der Waals surface area contributed by atoms with Gasteiger partial charge in [-0.1, -0.05) is 0 Å². The Bertz CT molecular complexity index is 583. The zero-order chi connectivity index (χ0) is 13.8. The molecule has 0 bridgehead atoms. The third kappa shape index (κ3) is 2.94. The Hall–Kier alpha value is -1.59. The third-order valence-electron chi connectivity index (χ3n) is 3.18. The van der Waals surface area contributed by atoms with Crippen molar-refractivity contribution in [2.24, 2.45) is 0 Å². The number of hydrogen-bond donors (Lipinski definition) is 1. The van der Waals surface area contributed by atoms with Gasteiger partial charge < -0.3 is 14.8 Å². The monoisotopic (exact) mass is 290 g/mol. The first-order valence-corrected chi connectivity index (χ1v) is 7.74. The van der Waals surface area contributed by atoms with Gasteiger partial charge in [-0.15, -0.1) is 11.3 Å². The topological polar surface area (TPSA) is 43.4 Å². The zero-order valence-corrected chi connectivity index (χ0v) is 12.3. The van der Waals surface area contributed by atoms with Crippen molar-refractivity contribution in [2.45, 2.75) is 12.8 Å². The quantitative estimate of drug-likeness (QED) is 0.940. The molecule has 1 aliphatic heterocycles. The molecule has 4 nitrogen and oxygen atoms in total. The fraction of sp³-hybridized carbons (Fsp3) is 0.400. The average molecular weight is 290 g/mol. The van der Waals surface area contributed by atoms with Crippen LogP contribution in [0.5, 0.6) is 11.5 Å². The molecule has 1 aliphatic rings. The van der Waals surface area contributed by atoms with Gasteiger partial charge in [0.1, 0.15) is 0 Å². The molecule has 3 rings (SSSR count). The number of nitrogens with zero attached hydrogens (tertiary/aromatic N) is 1. The molecule has 20 heavy (non-hydrogen) atoms. The number of hydrogen-bond acceptors (Lipinski definition) is 5. The molecule has 0 amide bonds. The maximum Gasteiger partial charge on any atom is 0.161 e. The van der Waals surface area contributed by atoms with Gasteiger partial charge in [-0.3, -0.25) is 0 Å². The Labute approximate surface area is 122 Å². The highest BCUT2D eigenvalue weighted by atomic mass is 32.1. The number of likely N-dealkylation sites (N-methyl/N-ethyl adjacent to an activating group) is 1. The van der Waals surface area contributed by atoms with Gasteiger partial charge in [-0.05, 0) is 25.2 Å². The largest absolute Gasteiger partial charge is 0.490 e. The van der Waals surface area contributed by atoms with E-state index in [-0.39, 0.29) is 0 Å². The minimum absolute atomic E-state index is 0.709. The van der Waals surface area contributed by atoms with Crippen molar-refractivity contribution in [3.8, 4) is 22.8 Å². The Kier molecular flexibility index (Phi) is 4.18. The summed E-state index contributed by atoms with van der Waals surface area (Å²) in [5, 5.41) is 6.40. The number of nitrogens with one attached hydrogen (secondary N) is 1. The zero-order valence-electron chi connectivity index (χ0n) is 11.5. The van der Waals surface area contributed by atoms with E-state index in [1.165, 1.54) is 0 Å². The van der Waals surface area contributed by atoms with E-state index in [0.29, 0.717) is 6.61 Å². The second kappa shape index (κ2) is 6.24. The number of fused-ring (bicyclic) bond motifs is 1. The van der Waals surface area contributed by atoms with Crippen molar-refractivity contribution in [2.75, 3.05) is 26.8 Å². The molecular weight excluding hydrogens is 272 g/mol. The highest BCUT2D eigenvalue weighted by molar-refractivity contribution is 7.09. The Morgan fingerprint density at radius 1 is 1.25 bits per heavy atom. The van der Waals surface area contributed by atoms with E-state index in [1.807, 2.05) is 25.2 Å². The second-order valence-electron chi connectivity index (χ2n) is 4.69. The lowest BCUT2D eigenvalue weighted by Crippen LogP contribution is -2.09. The van der Waals surface area contributed by atoms with Gasteiger partial charge in [0.05, 0.1) is 23.9 Å². The minimum atomic E-state index is 0.709. The standard InChI is InChI=1S/C15H18N2O2S/c1-16-6-5-15-17-12(10-20-15)11-3-4-13-14(9-11)19-8-2-7-18-13/h3-4,9-10,16H,2,5-8H2,1H3. The third-order valence-corrected chi connectivity index (χ3v) is 4.09. The Balaban J connectivity index is 1.83. The summed E-state index contributed by atoms with van der Waals surface area (Å²) in [6, 6.07) is 6.05. The lowest BCUT2D eigenvalue weighted by atomic mass is 10.1. The highest BCUT2D eigenvalue weighted by Crippen LogP contribution is 2.34. The predicted octanol–water partition coefficient (Wildman–Crippen LogP) is 2.73. The number of thiazole rings is 1. The fourth-order valence-electron chi connectivity index (χ4n) is 2.11. The first kappa shape index (κ1) is 13.4. The lowest BCUT2D eigenvalue weighted by molar-refractivity contribution is 0.297. The van der Waals surface area contributed by atoms with Crippen molar-refractivity contribution in [3.63, 3.8) is 0 Å². The maximum atomic E-state index is 5.72. The number of aromatic nitrogens is 1. The Morgan fingerprint density at radius 2 is 2.10 bits per heavy atom. The van der Waals surface area contributed by atoms with Gasteiger partial charge in [0.25, 0.3) is 0 Å². The van der Waals surface area contributed by atoms with E-state index >= 15 is 0 Å². The summed E-state index contributed by atoms with van der Waals surface area (Å²) in [5.74, 6) is 1.65. The summed E-state index contributed by atoms with van der Waals surface area (Å²) in [7, 11) is 1.96. The van der Waals surface area contributed by atoms with E-state index in [0.717, 1.165) is 53.8 Å². The SMILES string of the molecule is CNCCc1nc(-c2ccc3c(c2)OCCCO3)cs1. The van der Waals surface area contributed by atoms with Crippen molar-refractivity contribution >= 4 is 11.3 Å². The molecule has 1 aromatic heterocycles. The van der Waals surface area contributed by atoms with Crippen LogP contribution in [0.2, 0.25) is 0 Å². The van der Waals surface area contributed by atoms with Crippen LogP contribution in [0.4, 0.5) is 0 Å². The van der Waals surface area contributed by atoms with Crippen molar-refractivity contribution in [1.29, 1.82) is 0 Å². The van der Waals surface area contributed by atoms with E-state index in [9.17, 15) is 0 Å². The molecule has 5 heteroatoms. The molecule has 1 N–H and O–H groups in total. The minimum Gasteiger partial charge on any atom is -0.490 e. The van der Waals surface area contributed by atoms with E-state index < -0.39 is 0 Å². The van der Waals surface area contributed by atoms with Gasteiger partial charge >= 0.3 is 0 Å². The number of ether oxygens (including phenoxy) is 2. The fourth-order valence-corrected chi connectivity index (χ4v) is 2.92. The summed E-state index contributed by atoms with van der Waals surface area (Å²) in [6.45, 7) is 2.38. The van der Waals surface area contributed by atoms with Crippen LogP contribution in [0.15, 0.2) is 23.6 Å². The van der Waals surface area contributed by atoms with Crippen LogP contribution in [0.25, 0.3) is 11.3 Å². The second-order valence-corrected chi connectivity index (χ2v) is 5.63. The summed E-state index contributed by atoms with van der Waals surface area (Å²) < 4.78 is 11.4. The molecule has 0 saturated carbocycles. The van der Waals surface area contributed by atoms with Gasteiger partial charge in [0, 0.05) is 30.3 Å². The smallest absolute Gasteiger partial charge is 0.161 e. The van der Waals surface area contributed by atoms with E-state index in [2.05, 4.69) is 15.7 Å². The number of rotatable bonds is 4. The summed E-state index contributed by atoms with van der Waals surface area (Å²) in [4.78, 5) is 4.67. The van der Waals surface area contributed by atoms with E-state index in [4.69, 9.17) is 9.47 Å². The van der Waals surface area contributed by atoms with Crippen molar-refractivity contribution in [1.82, 2.24) is 10.3 Å². The molecule has 106 valence electrons. The van der Waals surface area contributed by atoms with Crippen LogP contribution in [0.1, 0.15) is 11.4 Å². The van der Waals surface area contributed by atoms with Crippen molar-refractivity contribution in [3.05, 3.63) is 28.6 Å². The Morgan fingerprint density at radius 3 is 2.95 bits per heavy atom. The van der Waals surface area contributed by atoms with E-state index in [1.54, 1.807) is 11.3 Å². The van der Waals surface area contributed by atoms with Gasteiger partial charge in [-0.2, -0.15) is 0 Å². The normalized spacial score (nSPS) is 14.1. The first-order chi connectivity index (χ1) is 9.86. The molecular formula is C15H18N2O2S. The van der Waals surface area contributed by atoms with Crippen molar-refractivity contribution < 1.29 is 9.47 Å². The summed E-state index contributed by atoms with van der Waals surface area (Å²) in [5.41, 5.74) is 2.10. The van der Waals surface area contributed by atoms with Gasteiger partial charge in [0.2, 0.25) is 0 Å². The van der Waals surface area contributed by atoms with Crippen LogP contribution in [-0.2, 0) is 6.42 Å². The molecule has 1 aromatic carbocycles. The average Bonchev–Trinajstić information content (AvgIpc) is 2.82. The molecule has 0 radical (unpaired) electrons. The lowest BCUT2D eigenvalue weighted by Gasteiger charge is -2.08. The van der Waals surface area contributed by atoms with Crippen LogP contribution in [0.3, 0.4) is 0 Å². The van der Waals surface area contributed by atoms with Crippen LogP contribution < -0.4 is 14.8 Å². The molecule has 2 heterocycles. The summed E-state index contributed by atoms with van der Waals surface area (Å²) in [6.07, 6.45) is 1.89. The molecule has 0 unspecified atom stereocenters.